The molecule has 0 aliphatic heterocycles. The average molecular weight is 443 g/mol. The van der Waals surface area contributed by atoms with Crippen LogP contribution in [0.4, 0.5) is 4.79 Å². The Kier molecular flexibility index (Phi) is 9.07. The van der Waals surface area contributed by atoms with E-state index in [-0.39, 0.29) is 12.5 Å². The number of hydrogen-bond donors (Lipinski definition) is 2. The van der Waals surface area contributed by atoms with Crippen LogP contribution >= 0.6 is 0 Å². The van der Waals surface area contributed by atoms with E-state index in [0.29, 0.717) is 31.0 Å². The Morgan fingerprint density at radius 3 is 1.97 bits per heavy atom. The number of esters is 1. The summed E-state index contributed by atoms with van der Waals surface area (Å²) < 4.78 is 15.3. The van der Waals surface area contributed by atoms with E-state index in [0.717, 1.165) is 11.1 Å². The summed E-state index contributed by atoms with van der Waals surface area (Å²) in [5.41, 5.74) is 1.70. The SMILES string of the molecule is CCOC(=O)COc1ccc(CNC(=O)c2ccc(CNC(=O)OC(C)(C)C)cc2)cc1. The van der Waals surface area contributed by atoms with Gasteiger partial charge in [0.2, 0.25) is 0 Å². The molecule has 172 valence electrons. The van der Waals surface area contributed by atoms with Crippen LogP contribution in [0.1, 0.15) is 49.2 Å². The molecule has 0 saturated carbocycles. The molecular weight excluding hydrogens is 412 g/mol. The minimum Gasteiger partial charge on any atom is -0.482 e. The number of nitrogens with one attached hydrogen (secondary N) is 2. The lowest BCUT2D eigenvalue weighted by molar-refractivity contribution is -0.145. The zero-order valence-corrected chi connectivity index (χ0v) is 18.9. The lowest BCUT2D eigenvalue weighted by atomic mass is 10.1. The van der Waals surface area contributed by atoms with Gasteiger partial charge in [-0.25, -0.2) is 9.59 Å². The molecule has 0 aromatic heterocycles. The minimum absolute atomic E-state index is 0.146. The molecule has 0 aliphatic rings. The highest BCUT2D eigenvalue weighted by Gasteiger charge is 2.15. The van der Waals surface area contributed by atoms with E-state index >= 15 is 0 Å². The van der Waals surface area contributed by atoms with Gasteiger partial charge in [-0.15, -0.1) is 0 Å². The summed E-state index contributed by atoms with van der Waals surface area (Å²) in [5, 5.41) is 5.53. The molecule has 0 atom stereocenters. The summed E-state index contributed by atoms with van der Waals surface area (Å²) in [4.78, 5) is 35.4. The zero-order valence-electron chi connectivity index (χ0n) is 18.9. The Morgan fingerprint density at radius 1 is 0.844 bits per heavy atom. The third-order valence-corrected chi connectivity index (χ3v) is 4.09. The number of alkyl carbamates (subject to hydrolysis) is 1. The lowest BCUT2D eigenvalue weighted by Gasteiger charge is -2.19. The van der Waals surface area contributed by atoms with Gasteiger partial charge >= 0.3 is 12.1 Å². The minimum atomic E-state index is -0.554. The molecule has 32 heavy (non-hydrogen) atoms. The average Bonchev–Trinajstić information content (AvgIpc) is 2.75. The molecule has 8 heteroatoms. The monoisotopic (exact) mass is 442 g/mol. The maximum Gasteiger partial charge on any atom is 0.407 e. The molecule has 0 bridgehead atoms. The van der Waals surface area contributed by atoms with Crippen LogP contribution < -0.4 is 15.4 Å². The maximum absolute atomic E-state index is 12.4. The molecule has 2 aromatic rings. The molecule has 2 amide bonds. The van der Waals surface area contributed by atoms with Gasteiger partial charge in [0.15, 0.2) is 6.61 Å². The second-order valence-corrected chi connectivity index (χ2v) is 7.97. The van der Waals surface area contributed by atoms with Gasteiger partial charge in [-0.1, -0.05) is 24.3 Å². The van der Waals surface area contributed by atoms with Gasteiger partial charge in [0.25, 0.3) is 5.91 Å². The second kappa shape index (κ2) is 11.7. The topological polar surface area (TPSA) is 103 Å². The van der Waals surface area contributed by atoms with Crippen LogP contribution in [0.5, 0.6) is 5.75 Å². The molecular formula is C24H30N2O6. The van der Waals surface area contributed by atoms with Crippen molar-refractivity contribution in [2.75, 3.05) is 13.2 Å². The van der Waals surface area contributed by atoms with Gasteiger partial charge in [-0.3, -0.25) is 4.79 Å². The van der Waals surface area contributed by atoms with E-state index in [1.807, 2.05) is 12.1 Å². The summed E-state index contributed by atoms with van der Waals surface area (Å²) in [6.45, 7) is 7.95. The molecule has 0 radical (unpaired) electrons. The van der Waals surface area contributed by atoms with Crippen molar-refractivity contribution in [3.05, 3.63) is 65.2 Å². The normalized spacial score (nSPS) is 10.8. The van der Waals surface area contributed by atoms with E-state index in [1.165, 1.54) is 0 Å². The quantitative estimate of drug-likeness (QED) is 0.576. The first-order valence-electron chi connectivity index (χ1n) is 10.4. The van der Waals surface area contributed by atoms with Gasteiger partial charge in [0, 0.05) is 18.7 Å². The Bertz CT molecular complexity index is 902. The van der Waals surface area contributed by atoms with Crippen molar-refractivity contribution >= 4 is 18.0 Å². The van der Waals surface area contributed by atoms with Crippen molar-refractivity contribution in [1.82, 2.24) is 10.6 Å². The Hall–Kier alpha value is -3.55. The first-order valence-corrected chi connectivity index (χ1v) is 10.4. The van der Waals surface area contributed by atoms with Crippen molar-refractivity contribution in [3.63, 3.8) is 0 Å². The maximum atomic E-state index is 12.4. The van der Waals surface area contributed by atoms with E-state index in [9.17, 15) is 14.4 Å². The largest absolute Gasteiger partial charge is 0.482 e. The fourth-order valence-electron chi connectivity index (χ4n) is 2.60. The Balaban J connectivity index is 1.78. The number of ether oxygens (including phenoxy) is 3. The number of amides is 2. The second-order valence-electron chi connectivity index (χ2n) is 7.97. The van der Waals surface area contributed by atoms with Crippen molar-refractivity contribution in [2.45, 2.75) is 46.4 Å². The van der Waals surface area contributed by atoms with Gasteiger partial charge in [-0.2, -0.15) is 0 Å². The van der Waals surface area contributed by atoms with Crippen LogP contribution in [0.3, 0.4) is 0 Å². The highest BCUT2D eigenvalue weighted by molar-refractivity contribution is 5.94. The first kappa shape index (κ1) is 24.7. The third kappa shape index (κ3) is 9.07. The smallest absolute Gasteiger partial charge is 0.407 e. The van der Waals surface area contributed by atoms with Gasteiger partial charge in [0.1, 0.15) is 11.4 Å². The first-order chi connectivity index (χ1) is 15.2. The van der Waals surface area contributed by atoms with Crippen LogP contribution in [-0.2, 0) is 27.4 Å². The zero-order chi connectivity index (χ0) is 23.6. The summed E-state index contributed by atoms with van der Waals surface area (Å²) >= 11 is 0. The van der Waals surface area contributed by atoms with Crippen LogP contribution in [-0.4, -0.2) is 36.8 Å². The number of hydrogen-bond acceptors (Lipinski definition) is 6. The summed E-state index contributed by atoms with van der Waals surface area (Å²) in [5.74, 6) is -0.0847. The van der Waals surface area contributed by atoms with Gasteiger partial charge < -0.3 is 24.8 Å². The fourth-order valence-corrected chi connectivity index (χ4v) is 2.60. The number of benzene rings is 2. The molecule has 2 N–H and O–H groups in total. The van der Waals surface area contributed by atoms with Crippen LogP contribution in [0.25, 0.3) is 0 Å². The van der Waals surface area contributed by atoms with Crippen molar-refractivity contribution in [3.8, 4) is 5.75 Å². The molecule has 2 aromatic carbocycles. The number of rotatable bonds is 9. The predicted molar refractivity (Wildman–Crippen MR) is 119 cm³/mol. The van der Waals surface area contributed by atoms with Crippen molar-refractivity contribution in [2.24, 2.45) is 0 Å². The molecule has 0 unspecified atom stereocenters. The molecule has 0 fully saturated rings. The molecule has 0 heterocycles. The highest BCUT2D eigenvalue weighted by atomic mass is 16.6. The van der Waals surface area contributed by atoms with Crippen LogP contribution in [0, 0.1) is 0 Å². The van der Waals surface area contributed by atoms with Crippen LogP contribution in [0.15, 0.2) is 48.5 Å². The lowest BCUT2D eigenvalue weighted by Crippen LogP contribution is -2.32. The molecule has 0 aliphatic carbocycles. The molecule has 0 saturated heterocycles. The van der Waals surface area contributed by atoms with E-state index < -0.39 is 17.7 Å². The van der Waals surface area contributed by atoms with Gasteiger partial charge in [-0.05, 0) is 63.1 Å². The molecule has 8 nitrogen and oxygen atoms in total. The Labute approximate surface area is 188 Å². The molecule has 0 spiro atoms. The predicted octanol–water partition coefficient (Wildman–Crippen LogP) is 3.58. The van der Waals surface area contributed by atoms with Crippen molar-refractivity contribution in [1.29, 1.82) is 0 Å². The van der Waals surface area contributed by atoms with Crippen LogP contribution in [0.2, 0.25) is 0 Å². The van der Waals surface area contributed by atoms with Gasteiger partial charge in [0.05, 0.1) is 6.61 Å². The number of carbonyl (C=O) groups excluding carboxylic acids is 3. The number of carbonyl (C=O) groups is 3. The van der Waals surface area contributed by atoms with E-state index in [1.54, 1.807) is 64.1 Å². The summed E-state index contributed by atoms with van der Waals surface area (Å²) in [7, 11) is 0. The molecule has 2 rings (SSSR count). The fraction of sp³-hybridized carbons (Fsp3) is 0.375. The third-order valence-electron chi connectivity index (χ3n) is 4.09. The van der Waals surface area contributed by atoms with Crippen molar-refractivity contribution < 1.29 is 28.6 Å². The Morgan fingerprint density at radius 2 is 1.41 bits per heavy atom. The summed E-state index contributed by atoms with van der Waals surface area (Å²) in [6.07, 6.45) is -0.489. The van der Waals surface area contributed by atoms with E-state index in [4.69, 9.17) is 14.2 Å². The highest BCUT2D eigenvalue weighted by Crippen LogP contribution is 2.13. The van der Waals surface area contributed by atoms with E-state index in [2.05, 4.69) is 10.6 Å². The standard InChI is InChI=1S/C24H30N2O6/c1-5-30-21(27)16-31-20-12-8-18(9-13-20)14-25-22(28)19-10-6-17(7-11-19)15-26-23(29)32-24(2,3)4/h6-13H,5,14-16H2,1-4H3,(H,25,28)(H,26,29). The summed E-state index contributed by atoms with van der Waals surface area (Å²) in [6, 6.07) is 14.0.